The second kappa shape index (κ2) is 5.99. The van der Waals surface area contributed by atoms with Crippen molar-refractivity contribution in [3.8, 4) is 0 Å². The van der Waals surface area contributed by atoms with E-state index in [-0.39, 0.29) is 12.6 Å². The first-order valence-corrected chi connectivity index (χ1v) is 6.56. The molecule has 19 heavy (non-hydrogen) atoms. The van der Waals surface area contributed by atoms with Crippen molar-refractivity contribution in [1.29, 1.82) is 0 Å². The van der Waals surface area contributed by atoms with Crippen molar-refractivity contribution in [3.05, 3.63) is 54.6 Å². The lowest BCUT2D eigenvalue weighted by molar-refractivity contribution is 0.132. The molecule has 0 spiro atoms. The molecule has 2 aromatic rings. The van der Waals surface area contributed by atoms with Crippen LogP contribution in [0, 0.1) is 0 Å². The van der Waals surface area contributed by atoms with E-state index in [1.165, 1.54) is 0 Å². The number of aromatic nitrogens is 2. The molecule has 1 aromatic heterocycles. The van der Waals surface area contributed by atoms with Gasteiger partial charge in [-0.15, -0.1) is 0 Å². The van der Waals surface area contributed by atoms with Crippen LogP contribution in [0.5, 0.6) is 0 Å². The molecule has 0 amide bonds. The molecule has 0 saturated heterocycles. The molecule has 1 heterocycles. The van der Waals surface area contributed by atoms with E-state index in [0.29, 0.717) is 6.54 Å². The average Bonchev–Trinajstić information content (AvgIpc) is 2.91. The van der Waals surface area contributed by atoms with E-state index in [2.05, 4.69) is 24.1 Å². The molecule has 0 saturated carbocycles. The molecule has 4 nitrogen and oxygen atoms in total. The number of aliphatic hydroxyl groups excluding tert-OH is 1. The van der Waals surface area contributed by atoms with E-state index in [1.54, 1.807) is 12.5 Å². The summed E-state index contributed by atoms with van der Waals surface area (Å²) < 4.78 is 1.98. The van der Waals surface area contributed by atoms with Gasteiger partial charge in [0.1, 0.15) is 0 Å². The van der Waals surface area contributed by atoms with Crippen molar-refractivity contribution < 1.29 is 5.11 Å². The van der Waals surface area contributed by atoms with E-state index in [4.69, 9.17) is 0 Å². The summed E-state index contributed by atoms with van der Waals surface area (Å²) >= 11 is 0. The largest absolute Gasteiger partial charge is 0.394 e. The minimum Gasteiger partial charge on any atom is -0.394 e. The molecule has 102 valence electrons. The number of imidazole rings is 1. The van der Waals surface area contributed by atoms with Gasteiger partial charge in [0.2, 0.25) is 0 Å². The monoisotopic (exact) mass is 259 g/mol. The first kappa shape index (κ1) is 13.8. The van der Waals surface area contributed by atoms with E-state index < -0.39 is 5.54 Å². The van der Waals surface area contributed by atoms with Gasteiger partial charge in [0.25, 0.3) is 0 Å². The first-order chi connectivity index (χ1) is 9.16. The first-order valence-electron chi connectivity index (χ1n) is 6.56. The lowest BCUT2D eigenvalue weighted by Crippen LogP contribution is -2.51. The molecular weight excluding hydrogens is 238 g/mol. The Morgan fingerprint density at radius 2 is 2.05 bits per heavy atom. The Labute approximate surface area is 114 Å². The Bertz CT molecular complexity index is 481. The minimum atomic E-state index is -0.490. The molecule has 0 aliphatic heterocycles. The normalized spacial score (nSPS) is 14.5. The third-order valence-electron chi connectivity index (χ3n) is 3.17. The molecule has 1 atom stereocenters. The van der Waals surface area contributed by atoms with Crippen LogP contribution < -0.4 is 5.32 Å². The predicted molar refractivity (Wildman–Crippen MR) is 75.7 cm³/mol. The van der Waals surface area contributed by atoms with Gasteiger partial charge in [0, 0.05) is 25.0 Å². The van der Waals surface area contributed by atoms with Crippen LogP contribution in [0.2, 0.25) is 0 Å². The summed E-state index contributed by atoms with van der Waals surface area (Å²) in [5, 5.41) is 13.5. The average molecular weight is 259 g/mol. The second-order valence-corrected chi connectivity index (χ2v) is 5.14. The summed E-state index contributed by atoms with van der Waals surface area (Å²) in [6.07, 6.45) is 5.44. The van der Waals surface area contributed by atoms with E-state index >= 15 is 0 Å². The third-order valence-corrected chi connectivity index (χ3v) is 3.17. The molecule has 0 radical (unpaired) electrons. The molecule has 2 rings (SSSR count). The number of hydrogen-bond donors (Lipinski definition) is 2. The summed E-state index contributed by atoms with van der Waals surface area (Å²) in [5.74, 6) is 0. The van der Waals surface area contributed by atoms with E-state index in [9.17, 15) is 5.11 Å². The van der Waals surface area contributed by atoms with Crippen LogP contribution >= 0.6 is 0 Å². The Hall–Kier alpha value is -1.65. The molecule has 0 aliphatic rings. The zero-order valence-corrected chi connectivity index (χ0v) is 11.5. The SMILES string of the molecule is CC(C)NC(CO)(Cn1ccnc1)c1ccccc1. The Morgan fingerprint density at radius 3 is 2.58 bits per heavy atom. The van der Waals surface area contributed by atoms with Gasteiger partial charge in [0.15, 0.2) is 0 Å². The molecule has 0 fully saturated rings. The number of nitrogens with one attached hydrogen (secondary N) is 1. The fourth-order valence-electron chi connectivity index (χ4n) is 2.41. The topological polar surface area (TPSA) is 50.1 Å². The number of rotatable bonds is 6. The van der Waals surface area contributed by atoms with Crippen LogP contribution in [0.25, 0.3) is 0 Å². The van der Waals surface area contributed by atoms with Crippen molar-refractivity contribution in [3.63, 3.8) is 0 Å². The smallest absolute Gasteiger partial charge is 0.0946 e. The van der Waals surface area contributed by atoms with Crippen molar-refractivity contribution in [2.24, 2.45) is 0 Å². The maximum Gasteiger partial charge on any atom is 0.0946 e. The third kappa shape index (κ3) is 3.22. The lowest BCUT2D eigenvalue weighted by Gasteiger charge is -2.36. The van der Waals surface area contributed by atoms with Crippen LogP contribution in [0.4, 0.5) is 0 Å². The number of aliphatic hydroxyl groups is 1. The number of hydrogen-bond acceptors (Lipinski definition) is 3. The van der Waals surface area contributed by atoms with Gasteiger partial charge in [-0.05, 0) is 19.4 Å². The zero-order valence-electron chi connectivity index (χ0n) is 11.5. The summed E-state index contributed by atoms with van der Waals surface area (Å²) in [6, 6.07) is 10.3. The van der Waals surface area contributed by atoms with Crippen LogP contribution in [0.1, 0.15) is 19.4 Å². The van der Waals surface area contributed by atoms with Crippen LogP contribution in [-0.4, -0.2) is 27.3 Å². The van der Waals surface area contributed by atoms with Gasteiger partial charge in [-0.1, -0.05) is 30.3 Å². The molecule has 4 heteroatoms. The van der Waals surface area contributed by atoms with Gasteiger partial charge in [0.05, 0.1) is 18.5 Å². The highest BCUT2D eigenvalue weighted by molar-refractivity contribution is 5.25. The van der Waals surface area contributed by atoms with Gasteiger partial charge in [-0.25, -0.2) is 4.98 Å². The highest BCUT2D eigenvalue weighted by Crippen LogP contribution is 2.23. The summed E-state index contributed by atoms with van der Waals surface area (Å²) in [5.41, 5.74) is 0.593. The Balaban J connectivity index is 2.36. The Morgan fingerprint density at radius 1 is 1.32 bits per heavy atom. The molecular formula is C15H21N3O. The number of benzene rings is 1. The van der Waals surface area contributed by atoms with E-state index in [0.717, 1.165) is 5.56 Å². The molecule has 0 aliphatic carbocycles. The van der Waals surface area contributed by atoms with Gasteiger partial charge < -0.3 is 15.0 Å². The highest BCUT2D eigenvalue weighted by atomic mass is 16.3. The quantitative estimate of drug-likeness (QED) is 0.831. The Kier molecular flexibility index (Phi) is 4.35. The standard InChI is InChI=1S/C15H21N3O/c1-13(2)17-15(11-19,10-18-9-8-16-12-18)14-6-4-3-5-7-14/h3-9,12-13,17,19H,10-11H2,1-2H3. The van der Waals surface area contributed by atoms with Gasteiger partial charge in [-0.3, -0.25) is 0 Å². The maximum absolute atomic E-state index is 9.98. The predicted octanol–water partition coefficient (Wildman–Crippen LogP) is 1.77. The van der Waals surface area contributed by atoms with Crippen LogP contribution in [-0.2, 0) is 12.1 Å². The molecule has 1 aromatic carbocycles. The minimum absolute atomic E-state index is 0.0351. The van der Waals surface area contributed by atoms with Crippen LogP contribution in [0.15, 0.2) is 49.1 Å². The second-order valence-electron chi connectivity index (χ2n) is 5.14. The molecule has 2 N–H and O–H groups in total. The molecule has 0 bridgehead atoms. The fraction of sp³-hybridized carbons (Fsp3) is 0.400. The highest BCUT2D eigenvalue weighted by Gasteiger charge is 2.32. The van der Waals surface area contributed by atoms with E-state index in [1.807, 2.05) is 41.1 Å². The summed E-state index contributed by atoms with van der Waals surface area (Å²) in [6.45, 7) is 4.85. The summed E-state index contributed by atoms with van der Waals surface area (Å²) in [4.78, 5) is 4.07. The van der Waals surface area contributed by atoms with Crippen LogP contribution in [0.3, 0.4) is 0 Å². The van der Waals surface area contributed by atoms with Gasteiger partial charge in [-0.2, -0.15) is 0 Å². The fourth-order valence-corrected chi connectivity index (χ4v) is 2.41. The van der Waals surface area contributed by atoms with Gasteiger partial charge >= 0.3 is 0 Å². The zero-order chi connectivity index (χ0) is 13.7. The van der Waals surface area contributed by atoms with Crippen molar-refractivity contribution >= 4 is 0 Å². The number of nitrogens with zero attached hydrogens (tertiary/aromatic N) is 2. The van der Waals surface area contributed by atoms with Crippen molar-refractivity contribution in [1.82, 2.24) is 14.9 Å². The lowest BCUT2D eigenvalue weighted by atomic mass is 9.89. The van der Waals surface area contributed by atoms with Crippen molar-refractivity contribution in [2.45, 2.75) is 32.0 Å². The summed E-state index contributed by atoms with van der Waals surface area (Å²) in [7, 11) is 0. The maximum atomic E-state index is 9.98. The van der Waals surface area contributed by atoms with Crippen molar-refractivity contribution in [2.75, 3.05) is 6.61 Å². The molecule has 1 unspecified atom stereocenters.